The first-order valence-corrected chi connectivity index (χ1v) is 8.67. The topological polar surface area (TPSA) is 32.8 Å². The molecule has 0 N–H and O–H groups in total. The number of piperazine rings is 1. The second-order valence-electron chi connectivity index (χ2n) is 6.82. The van der Waals surface area contributed by atoms with Crippen molar-refractivity contribution < 1.29 is 18.3 Å². The van der Waals surface area contributed by atoms with E-state index in [2.05, 4.69) is 0 Å². The zero-order valence-electron chi connectivity index (χ0n) is 13.9. The molecule has 0 aliphatic carbocycles. The number of hydrogen-bond donors (Lipinski definition) is 0. The van der Waals surface area contributed by atoms with Crippen LogP contribution in [0.4, 0.5) is 19.3 Å². The van der Waals surface area contributed by atoms with Crippen LogP contribution in [-0.2, 0) is 4.74 Å². The summed E-state index contributed by atoms with van der Waals surface area (Å²) in [6, 6.07) is 4.30. The van der Waals surface area contributed by atoms with E-state index in [1.807, 2.05) is 25.7 Å². The molecule has 7 heteroatoms. The first-order valence-electron chi connectivity index (χ1n) is 7.85. The van der Waals surface area contributed by atoms with Gasteiger partial charge in [-0.1, -0.05) is 0 Å². The van der Waals surface area contributed by atoms with Gasteiger partial charge in [0.05, 0.1) is 5.69 Å². The molecule has 0 spiro atoms. The molecular weight excluding hydrogens is 334 g/mol. The summed E-state index contributed by atoms with van der Waals surface area (Å²) in [6.07, 6.45) is -0.347. The third-order valence-electron chi connectivity index (χ3n) is 3.83. The molecule has 0 atom stereocenters. The fourth-order valence-electron chi connectivity index (χ4n) is 2.76. The third kappa shape index (κ3) is 3.45. The highest BCUT2D eigenvalue weighted by atomic mass is 32.1. The summed E-state index contributed by atoms with van der Waals surface area (Å²) in [7, 11) is 0. The summed E-state index contributed by atoms with van der Waals surface area (Å²) in [5.74, 6) is -0.370. The van der Waals surface area contributed by atoms with Crippen molar-refractivity contribution in [2.45, 2.75) is 26.4 Å². The Hall–Kier alpha value is -1.89. The van der Waals surface area contributed by atoms with Gasteiger partial charge in [0, 0.05) is 36.3 Å². The van der Waals surface area contributed by atoms with Gasteiger partial charge in [-0.2, -0.15) is 4.39 Å². The van der Waals surface area contributed by atoms with Crippen molar-refractivity contribution >= 4 is 33.2 Å². The Labute approximate surface area is 143 Å². The van der Waals surface area contributed by atoms with Crippen molar-refractivity contribution in [3.8, 4) is 0 Å². The molecule has 1 aliphatic heterocycles. The van der Waals surface area contributed by atoms with E-state index in [-0.39, 0.29) is 17.0 Å². The number of thiophene rings is 1. The lowest BCUT2D eigenvalue weighted by molar-refractivity contribution is 0.0240. The number of fused-ring (bicyclic) bond motifs is 1. The summed E-state index contributed by atoms with van der Waals surface area (Å²) in [4.78, 5) is 15.6. The van der Waals surface area contributed by atoms with Crippen LogP contribution in [0.5, 0.6) is 0 Å². The van der Waals surface area contributed by atoms with Gasteiger partial charge in [-0.3, -0.25) is 0 Å². The molecule has 1 amide bonds. The minimum absolute atomic E-state index is 0.318. The molecule has 1 fully saturated rings. The fourth-order valence-corrected chi connectivity index (χ4v) is 3.74. The number of benzene rings is 1. The van der Waals surface area contributed by atoms with Crippen LogP contribution in [0, 0.1) is 10.9 Å². The first kappa shape index (κ1) is 17.0. The van der Waals surface area contributed by atoms with E-state index in [1.54, 1.807) is 11.0 Å². The SMILES string of the molecule is CC(C)(C)OC(=O)N1CCN(c2c(F)sc3cc(F)ccc23)CC1. The molecule has 1 aromatic heterocycles. The maximum Gasteiger partial charge on any atom is 0.410 e. The highest BCUT2D eigenvalue weighted by molar-refractivity contribution is 7.18. The molecule has 0 radical (unpaired) electrons. The molecule has 2 aromatic rings. The van der Waals surface area contributed by atoms with Crippen LogP contribution in [0.3, 0.4) is 0 Å². The van der Waals surface area contributed by atoms with E-state index in [0.717, 1.165) is 11.3 Å². The number of amides is 1. The predicted molar refractivity (Wildman–Crippen MR) is 91.8 cm³/mol. The van der Waals surface area contributed by atoms with Crippen LogP contribution in [-0.4, -0.2) is 42.8 Å². The number of ether oxygens (including phenoxy) is 1. The van der Waals surface area contributed by atoms with E-state index in [4.69, 9.17) is 4.74 Å². The van der Waals surface area contributed by atoms with E-state index in [9.17, 15) is 13.6 Å². The van der Waals surface area contributed by atoms with Crippen molar-refractivity contribution in [1.29, 1.82) is 0 Å². The van der Waals surface area contributed by atoms with E-state index in [1.165, 1.54) is 12.1 Å². The number of carbonyl (C=O) groups is 1. The van der Waals surface area contributed by atoms with Crippen molar-refractivity contribution in [3.05, 3.63) is 29.1 Å². The lowest BCUT2D eigenvalue weighted by Crippen LogP contribution is -2.50. The van der Waals surface area contributed by atoms with E-state index >= 15 is 0 Å². The predicted octanol–water partition coefficient (Wildman–Crippen LogP) is 4.24. The molecule has 2 heterocycles. The number of anilines is 1. The highest BCUT2D eigenvalue weighted by Gasteiger charge is 2.28. The second-order valence-corrected chi connectivity index (χ2v) is 7.82. The molecule has 24 heavy (non-hydrogen) atoms. The third-order valence-corrected chi connectivity index (χ3v) is 4.76. The highest BCUT2D eigenvalue weighted by Crippen LogP contribution is 2.37. The molecule has 4 nitrogen and oxygen atoms in total. The Morgan fingerprint density at radius 3 is 2.46 bits per heavy atom. The monoisotopic (exact) mass is 354 g/mol. The van der Waals surface area contributed by atoms with Crippen molar-refractivity contribution in [1.82, 2.24) is 4.90 Å². The molecule has 0 bridgehead atoms. The molecule has 1 saturated heterocycles. The zero-order chi connectivity index (χ0) is 17.5. The van der Waals surface area contributed by atoms with Gasteiger partial charge in [-0.05, 0) is 39.0 Å². The normalized spacial score (nSPS) is 15.9. The molecular formula is C17H20F2N2O2S. The lowest BCUT2D eigenvalue weighted by atomic mass is 10.2. The number of halogens is 2. The quantitative estimate of drug-likeness (QED) is 0.768. The van der Waals surface area contributed by atoms with Gasteiger partial charge in [0.15, 0.2) is 0 Å². The van der Waals surface area contributed by atoms with Crippen LogP contribution >= 0.6 is 11.3 Å². The number of hydrogen-bond acceptors (Lipinski definition) is 4. The first-order chi connectivity index (χ1) is 11.2. The largest absolute Gasteiger partial charge is 0.444 e. The molecule has 1 aliphatic rings. The van der Waals surface area contributed by atoms with Crippen LogP contribution in [0.1, 0.15) is 20.8 Å². The average molecular weight is 354 g/mol. The molecule has 1 aromatic carbocycles. The van der Waals surface area contributed by atoms with E-state index < -0.39 is 5.60 Å². The molecule has 0 saturated carbocycles. The summed E-state index contributed by atoms with van der Waals surface area (Å²) < 4.78 is 33.6. The Balaban J connectivity index is 1.73. The zero-order valence-corrected chi connectivity index (χ0v) is 14.8. The van der Waals surface area contributed by atoms with Gasteiger partial charge in [0.2, 0.25) is 5.13 Å². The van der Waals surface area contributed by atoms with Crippen molar-refractivity contribution in [3.63, 3.8) is 0 Å². The van der Waals surface area contributed by atoms with Crippen molar-refractivity contribution in [2.75, 3.05) is 31.1 Å². The Kier molecular flexibility index (Phi) is 4.38. The standard InChI is InChI=1S/C17H20F2N2O2S/c1-17(2,3)23-16(22)21-8-6-20(7-9-21)14-12-5-4-11(18)10-13(12)24-15(14)19/h4-5,10H,6-9H2,1-3H3. The Bertz CT molecular complexity index is 762. The summed E-state index contributed by atoms with van der Waals surface area (Å²) in [6.45, 7) is 7.44. The molecule has 0 unspecified atom stereocenters. The number of nitrogens with zero attached hydrogens (tertiary/aromatic N) is 2. The fraction of sp³-hybridized carbons (Fsp3) is 0.471. The maximum atomic E-state index is 14.3. The van der Waals surface area contributed by atoms with E-state index in [0.29, 0.717) is 42.0 Å². The molecule has 3 rings (SSSR count). The maximum absolute atomic E-state index is 14.3. The van der Waals surface area contributed by atoms with Crippen molar-refractivity contribution in [2.24, 2.45) is 0 Å². The van der Waals surface area contributed by atoms with Crippen LogP contribution in [0.15, 0.2) is 18.2 Å². The summed E-state index contributed by atoms with van der Waals surface area (Å²) >= 11 is 0.948. The van der Waals surface area contributed by atoms with Gasteiger partial charge >= 0.3 is 6.09 Å². The number of rotatable bonds is 1. The van der Waals surface area contributed by atoms with Crippen LogP contribution in [0.25, 0.3) is 10.1 Å². The lowest BCUT2D eigenvalue weighted by Gasteiger charge is -2.36. The van der Waals surface area contributed by atoms with Crippen LogP contribution < -0.4 is 4.90 Å². The van der Waals surface area contributed by atoms with Gasteiger partial charge in [-0.25, -0.2) is 9.18 Å². The summed E-state index contributed by atoms with van der Waals surface area (Å²) in [5, 5.41) is 0.394. The minimum Gasteiger partial charge on any atom is -0.444 e. The van der Waals surface area contributed by atoms with Gasteiger partial charge in [0.25, 0.3) is 0 Å². The van der Waals surface area contributed by atoms with Gasteiger partial charge in [-0.15, -0.1) is 11.3 Å². The summed E-state index contributed by atoms with van der Waals surface area (Å²) in [5.41, 5.74) is -0.0348. The second kappa shape index (κ2) is 6.20. The van der Waals surface area contributed by atoms with Gasteiger partial charge < -0.3 is 14.5 Å². The Morgan fingerprint density at radius 2 is 1.83 bits per heavy atom. The van der Waals surface area contributed by atoms with Crippen LogP contribution in [0.2, 0.25) is 0 Å². The number of carbonyl (C=O) groups excluding carboxylic acids is 1. The smallest absolute Gasteiger partial charge is 0.410 e. The Morgan fingerprint density at radius 1 is 1.17 bits per heavy atom. The average Bonchev–Trinajstić information content (AvgIpc) is 2.80. The molecule has 130 valence electrons. The van der Waals surface area contributed by atoms with Gasteiger partial charge in [0.1, 0.15) is 11.4 Å². The minimum atomic E-state index is -0.534.